The SMILES string of the molecule is CCOc1cc([C@@H]2COC(=O)N2)cc(Br)c1O.Cl. The topological polar surface area (TPSA) is 67.8 Å². The summed E-state index contributed by atoms with van der Waals surface area (Å²) in [7, 11) is 0. The molecule has 0 spiro atoms. The Morgan fingerprint density at radius 1 is 1.61 bits per heavy atom. The van der Waals surface area contributed by atoms with Crippen molar-refractivity contribution >= 4 is 34.4 Å². The Morgan fingerprint density at radius 2 is 2.33 bits per heavy atom. The molecule has 1 fully saturated rings. The van der Waals surface area contributed by atoms with Crippen molar-refractivity contribution in [3.63, 3.8) is 0 Å². The molecule has 1 saturated heterocycles. The molecule has 0 radical (unpaired) electrons. The summed E-state index contributed by atoms with van der Waals surface area (Å²) in [5.41, 5.74) is 0.823. The van der Waals surface area contributed by atoms with E-state index in [2.05, 4.69) is 21.2 Å². The van der Waals surface area contributed by atoms with Gasteiger partial charge in [0.05, 0.1) is 17.1 Å². The van der Waals surface area contributed by atoms with Crippen LogP contribution in [0.1, 0.15) is 18.5 Å². The van der Waals surface area contributed by atoms with Crippen LogP contribution >= 0.6 is 28.3 Å². The minimum absolute atomic E-state index is 0. The summed E-state index contributed by atoms with van der Waals surface area (Å²) in [5, 5.41) is 12.4. The van der Waals surface area contributed by atoms with E-state index in [1.165, 1.54) is 0 Å². The van der Waals surface area contributed by atoms with Crippen molar-refractivity contribution in [1.29, 1.82) is 0 Å². The van der Waals surface area contributed by atoms with Crippen molar-refractivity contribution in [3.8, 4) is 11.5 Å². The van der Waals surface area contributed by atoms with E-state index in [1.807, 2.05) is 6.92 Å². The number of phenolic OH excluding ortho intramolecular Hbond substituents is 1. The Balaban J connectivity index is 0.00000162. The lowest BCUT2D eigenvalue weighted by Crippen LogP contribution is -2.18. The van der Waals surface area contributed by atoms with Crippen molar-refractivity contribution in [1.82, 2.24) is 5.32 Å². The number of hydrogen-bond donors (Lipinski definition) is 2. The zero-order valence-corrected chi connectivity index (χ0v) is 12.0. The van der Waals surface area contributed by atoms with Crippen LogP contribution in [0.5, 0.6) is 11.5 Å². The predicted molar refractivity (Wildman–Crippen MR) is 71.4 cm³/mol. The summed E-state index contributed by atoms with van der Waals surface area (Å²) in [6.45, 7) is 2.57. The van der Waals surface area contributed by atoms with Gasteiger partial charge in [0.15, 0.2) is 11.5 Å². The molecule has 1 aromatic carbocycles. The number of nitrogens with one attached hydrogen (secondary N) is 1. The number of rotatable bonds is 3. The van der Waals surface area contributed by atoms with Gasteiger partial charge >= 0.3 is 6.09 Å². The molecule has 18 heavy (non-hydrogen) atoms. The minimum atomic E-state index is -0.433. The number of alkyl carbamates (subject to hydrolysis) is 1. The number of phenols is 1. The Labute approximate surface area is 119 Å². The molecule has 1 aliphatic rings. The highest BCUT2D eigenvalue weighted by Gasteiger charge is 2.25. The molecule has 1 heterocycles. The van der Waals surface area contributed by atoms with Crippen molar-refractivity contribution < 1.29 is 19.4 Å². The number of carbonyl (C=O) groups is 1. The molecule has 1 atom stereocenters. The van der Waals surface area contributed by atoms with Crippen LogP contribution < -0.4 is 10.1 Å². The second-order valence-electron chi connectivity index (χ2n) is 3.58. The zero-order valence-electron chi connectivity index (χ0n) is 9.60. The molecule has 1 aromatic rings. The quantitative estimate of drug-likeness (QED) is 0.889. The summed E-state index contributed by atoms with van der Waals surface area (Å²) in [5.74, 6) is 0.443. The van der Waals surface area contributed by atoms with Crippen LogP contribution in [0.15, 0.2) is 16.6 Å². The van der Waals surface area contributed by atoms with Crippen LogP contribution in [0, 0.1) is 0 Å². The summed E-state index contributed by atoms with van der Waals surface area (Å²) in [6.07, 6.45) is -0.433. The molecule has 1 amide bonds. The van der Waals surface area contributed by atoms with Crippen LogP contribution in [0.2, 0.25) is 0 Å². The number of benzene rings is 1. The molecule has 0 aromatic heterocycles. The lowest BCUT2D eigenvalue weighted by atomic mass is 10.1. The molecule has 7 heteroatoms. The highest BCUT2D eigenvalue weighted by molar-refractivity contribution is 9.10. The van der Waals surface area contributed by atoms with Gasteiger partial charge in [-0.05, 0) is 40.5 Å². The second-order valence-corrected chi connectivity index (χ2v) is 4.43. The lowest BCUT2D eigenvalue weighted by molar-refractivity contribution is 0.177. The number of hydrogen-bond acceptors (Lipinski definition) is 4. The highest BCUT2D eigenvalue weighted by atomic mass is 79.9. The van der Waals surface area contributed by atoms with E-state index in [-0.39, 0.29) is 30.8 Å². The maximum absolute atomic E-state index is 11.0. The fourth-order valence-electron chi connectivity index (χ4n) is 1.62. The average Bonchev–Trinajstić information content (AvgIpc) is 2.71. The third kappa shape index (κ3) is 3.00. The van der Waals surface area contributed by atoms with Crippen molar-refractivity contribution in [2.45, 2.75) is 13.0 Å². The maximum Gasteiger partial charge on any atom is 0.407 e. The number of carbonyl (C=O) groups excluding carboxylic acids is 1. The van der Waals surface area contributed by atoms with Crippen LogP contribution in [0.3, 0.4) is 0 Å². The third-order valence-corrected chi connectivity index (χ3v) is 3.03. The highest BCUT2D eigenvalue weighted by Crippen LogP contribution is 2.37. The average molecular weight is 339 g/mol. The first-order chi connectivity index (χ1) is 8.11. The van der Waals surface area contributed by atoms with Crippen molar-refractivity contribution in [2.75, 3.05) is 13.2 Å². The molecule has 1 aliphatic heterocycles. The molecule has 0 bridgehead atoms. The summed E-state index contributed by atoms with van der Waals surface area (Å²) in [4.78, 5) is 11.0. The monoisotopic (exact) mass is 337 g/mol. The fourth-order valence-corrected chi connectivity index (χ4v) is 2.08. The van der Waals surface area contributed by atoms with Gasteiger partial charge in [-0.15, -0.1) is 12.4 Å². The minimum Gasteiger partial charge on any atom is -0.503 e. The zero-order chi connectivity index (χ0) is 12.4. The van der Waals surface area contributed by atoms with Gasteiger partial charge in [0.25, 0.3) is 0 Å². The van der Waals surface area contributed by atoms with Gasteiger partial charge in [-0.2, -0.15) is 0 Å². The van der Waals surface area contributed by atoms with E-state index in [1.54, 1.807) is 12.1 Å². The standard InChI is InChI=1S/C11H12BrNO4.ClH/c1-2-16-9-4-6(3-7(12)10(9)14)8-5-17-11(15)13-8;/h3-4,8,14H,2,5H2,1H3,(H,13,15);1H/t8-;/m0./s1. The van der Waals surface area contributed by atoms with Crippen LogP contribution in [0.4, 0.5) is 4.79 Å². The van der Waals surface area contributed by atoms with Gasteiger partial charge in [-0.3, -0.25) is 0 Å². The third-order valence-electron chi connectivity index (χ3n) is 2.43. The number of halogens is 2. The predicted octanol–water partition coefficient (Wildman–Crippen LogP) is 2.76. The van der Waals surface area contributed by atoms with Gasteiger partial charge in [0.2, 0.25) is 0 Å². The molecular weight excluding hydrogens is 325 g/mol. The normalized spacial score (nSPS) is 17.7. The van der Waals surface area contributed by atoms with E-state index in [4.69, 9.17) is 9.47 Å². The second kappa shape index (κ2) is 6.15. The van der Waals surface area contributed by atoms with Crippen LogP contribution in [-0.2, 0) is 4.74 Å². The smallest absolute Gasteiger partial charge is 0.407 e. The fraction of sp³-hybridized carbons (Fsp3) is 0.364. The number of cyclic esters (lactones) is 1. The Morgan fingerprint density at radius 3 is 2.89 bits per heavy atom. The van der Waals surface area contributed by atoms with Gasteiger partial charge in [0, 0.05) is 0 Å². The van der Waals surface area contributed by atoms with Crippen LogP contribution in [-0.4, -0.2) is 24.4 Å². The van der Waals surface area contributed by atoms with Crippen molar-refractivity contribution in [3.05, 3.63) is 22.2 Å². The summed E-state index contributed by atoms with van der Waals surface area (Å²) >= 11 is 3.25. The summed E-state index contributed by atoms with van der Waals surface area (Å²) < 4.78 is 10.7. The van der Waals surface area contributed by atoms with Crippen molar-refractivity contribution in [2.24, 2.45) is 0 Å². The summed E-state index contributed by atoms with van der Waals surface area (Å²) in [6, 6.07) is 3.22. The Hall–Kier alpha value is -1.14. The molecule has 2 rings (SSSR count). The molecule has 0 saturated carbocycles. The van der Waals surface area contributed by atoms with E-state index in [0.29, 0.717) is 16.8 Å². The Kier molecular flexibility index (Phi) is 5.10. The molecule has 2 N–H and O–H groups in total. The first kappa shape index (κ1) is 14.9. The molecule has 100 valence electrons. The lowest BCUT2D eigenvalue weighted by Gasteiger charge is -2.13. The largest absolute Gasteiger partial charge is 0.503 e. The first-order valence-corrected chi connectivity index (χ1v) is 5.99. The van der Waals surface area contributed by atoms with E-state index < -0.39 is 6.09 Å². The van der Waals surface area contributed by atoms with Crippen LogP contribution in [0.25, 0.3) is 0 Å². The number of amides is 1. The van der Waals surface area contributed by atoms with E-state index in [9.17, 15) is 9.90 Å². The van der Waals surface area contributed by atoms with Gasteiger partial charge in [-0.1, -0.05) is 0 Å². The molecular formula is C11H13BrClNO4. The number of aromatic hydroxyl groups is 1. The Bertz CT molecular complexity index is 455. The maximum atomic E-state index is 11.0. The molecule has 0 unspecified atom stereocenters. The molecule has 5 nitrogen and oxygen atoms in total. The van der Waals surface area contributed by atoms with Gasteiger partial charge in [0.1, 0.15) is 6.61 Å². The first-order valence-electron chi connectivity index (χ1n) is 5.20. The van der Waals surface area contributed by atoms with E-state index in [0.717, 1.165) is 5.56 Å². The van der Waals surface area contributed by atoms with Gasteiger partial charge in [-0.25, -0.2) is 4.79 Å². The van der Waals surface area contributed by atoms with Gasteiger partial charge < -0.3 is 19.9 Å². The van der Waals surface area contributed by atoms with E-state index >= 15 is 0 Å². The molecule has 0 aliphatic carbocycles. The number of ether oxygens (including phenoxy) is 2.